The van der Waals surface area contributed by atoms with Crippen LogP contribution in [0.5, 0.6) is 0 Å². The average molecular weight is 511 g/mol. The Morgan fingerprint density at radius 1 is 1.06 bits per heavy atom. The molecular formula is C28H35ClN4O3. The van der Waals surface area contributed by atoms with E-state index in [9.17, 15) is 14.7 Å². The van der Waals surface area contributed by atoms with Crippen molar-refractivity contribution in [3.05, 3.63) is 50.9 Å². The number of rotatable bonds is 5. The summed E-state index contributed by atoms with van der Waals surface area (Å²) < 4.78 is 1.65. The second-order valence-corrected chi connectivity index (χ2v) is 12.5. The van der Waals surface area contributed by atoms with Crippen molar-refractivity contribution in [1.29, 1.82) is 0 Å². The lowest BCUT2D eigenvalue weighted by Crippen LogP contribution is -2.59. The van der Waals surface area contributed by atoms with E-state index in [1.807, 2.05) is 0 Å². The highest BCUT2D eigenvalue weighted by atomic mass is 35.5. The van der Waals surface area contributed by atoms with Crippen molar-refractivity contribution in [3.63, 3.8) is 0 Å². The normalized spacial score (nSPS) is 31.2. The predicted molar refractivity (Wildman–Crippen MR) is 141 cm³/mol. The van der Waals surface area contributed by atoms with Crippen molar-refractivity contribution in [2.75, 3.05) is 36.0 Å². The van der Waals surface area contributed by atoms with E-state index in [0.29, 0.717) is 17.5 Å². The van der Waals surface area contributed by atoms with Gasteiger partial charge in [-0.3, -0.25) is 9.59 Å². The van der Waals surface area contributed by atoms with Gasteiger partial charge in [0.05, 0.1) is 23.8 Å². The van der Waals surface area contributed by atoms with Gasteiger partial charge in [0.15, 0.2) is 0 Å². The lowest BCUT2D eigenvalue weighted by molar-refractivity contribution is -0.151. The molecule has 7 nitrogen and oxygen atoms in total. The second-order valence-electron chi connectivity index (χ2n) is 12.1. The topological polar surface area (TPSA) is 78.7 Å². The summed E-state index contributed by atoms with van der Waals surface area (Å²) in [4.78, 5) is 29.9. The van der Waals surface area contributed by atoms with Crippen LogP contribution < -0.4 is 15.4 Å². The quantitative estimate of drug-likeness (QED) is 0.632. The first-order chi connectivity index (χ1) is 17.2. The Labute approximate surface area is 217 Å². The Hall–Kier alpha value is -2.54. The molecule has 1 aliphatic heterocycles. The number of hydrogen-bond acceptors (Lipinski definition) is 5. The van der Waals surface area contributed by atoms with Gasteiger partial charge in [-0.15, -0.1) is 0 Å². The van der Waals surface area contributed by atoms with Crippen molar-refractivity contribution in [1.82, 2.24) is 9.78 Å². The summed E-state index contributed by atoms with van der Waals surface area (Å²) >= 11 is 6.76. The van der Waals surface area contributed by atoms with E-state index in [4.69, 9.17) is 16.7 Å². The van der Waals surface area contributed by atoms with Crippen LogP contribution in [0.1, 0.15) is 56.1 Å². The highest BCUT2D eigenvalue weighted by Crippen LogP contribution is 2.65. The highest BCUT2D eigenvalue weighted by Gasteiger charge is 2.59. The Bertz CT molecular complexity index is 1250. The molecule has 1 N–H and O–H groups in total. The zero-order valence-corrected chi connectivity index (χ0v) is 21.9. The van der Waals surface area contributed by atoms with Gasteiger partial charge in [-0.25, -0.2) is 4.68 Å². The van der Waals surface area contributed by atoms with Gasteiger partial charge in [0, 0.05) is 31.9 Å². The molecule has 36 heavy (non-hydrogen) atoms. The molecule has 0 unspecified atom stereocenters. The molecule has 1 aromatic carbocycles. The van der Waals surface area contributed by atoms with Gasteiger partial charge in [0.2, 0.25) is 0 Å². The summed E-state index contributed by atoms with van der Waals surface area (Å²) in [5.74, 6) is 0.202. The predicted octanol–water partition coefficient (Wildman–Crippen LogP) is 4.61. The van der Waals surface area contributed by atoms with E-state index < -0.39 is 11.5 Å². The zero-order chi connectivity index (χ0) is 25.2. The Kier molecular flexibility index (Phi) is 5.63. The first kappa shape index (κ1) is 23.8. The highest BCUT2D eigenvalue weighted by molar-refractivity contribution is 6.33. The monoisotopic (exact) mass is 510 g/mol. The van der Waals surface area contributed by atoms with Gasteiger partial charge in [-0.2, -0.15) is 5.10 Å². The first-order valence-corrected chi connectivity index (χ1v) is 13.6. The number of hydrogen-bond donors (Lipinski definition) is 1. The van der Waals surface area contributed by atoms with Crippen molar-refractivity contribution in [2.45, 2.75) is 64.3 Å². The summed E-state index contributed by atoms with van der Waals surface area (Å²) in [6.45, 7) is 7.52. The molecule has 0 radical (unpaired) electrons. The summed E-state index contributed by atoms with van der Waals surface area (Å²) in [6.07, 6.45) is 7.56. The molecule has 7 rings (SSSR count). The van der Waals surface area contributed by atoms with Crippen LogP contribution in [-0.2, 0) is 10.3 Å². The summed E-state index contributed by atoms with van der Waals surface area (Å²) in [5, 5.41) is 14.6. The standard InChI is InChI=1S/C28H35ClN4O3/c1-18-3-4-22(19(2)9-18)31-5-7-32(8-6-31)23-16-30-33(26(36)25(23)29)28-13-20-10-21(14-28)12-27(11-20,17-28)15-24(34)35/h3-4,9,16,20-21H,5-8,10-15,17H2,1-2H3,(H,34,35)/t20-,21-,27?,28?/m1/s1. The summed E-state index contributed by atoms with van der Waals surface area (Å²) in [5.41, 5.74) is 3.68. The van der Waals surface area contributed by atoms with Gasteiger partial charge < -0.3 is 14.9 Å². The van der Waals surface area contributed by atoms with E-state index >= 15 is 0 Å². The van der Waals surface area contributed by atoms with Gasteiger partial charge in [0.1, 0.15) is 5.02 Å². The number of carboxylic acids is 1. The number of aliphatic carboxylic acids is 1. The maximum atomic E-state index is 13.7. The van der Waals surface area contributed by atoms with Crippen LogP contribution >= 0.6 is 11.6 Å². The van der Waals surface area contributed by atoms with Crippen molar-refractivity contribution in [3.8, 4) is 0 Å². The second kappa shape index (κ2) is 8.51. The molecule has 0 spiro atoms. The molecular weight excluding hydrogens is 476 g/mol. The third-order valence-electron chi connectivity index (χ3n) is 9.34. The van der Waals surface area contributed by atoms with E-state index in [1.54, 1.807) is 10.9 Å². The van der Waals surface area contributed by atoms with Gasteiger partial charge in [-0.05, 0) is 81.3 Å². The van der Waals surface area contributed by atoms with Crippen LogP contribution in [0.2, 0.25) is 5.02 Å². The van der Waals surface area contributed by atoms with Crippen molar-refractivity contribution >= 4 is 28.9 Å². The number of anilines is 2. The average Bonchev–Trinajstić information content (AvgIpc) is 2.79. The lowest BCUT2D eigenvalue weighted by atomic mass is 9.46. The van der Waals surface area contributed by atoms with Crippen LogP contribution in [-0.4, -0.2) is 47.0 Å². The molecule has 4 bridgehead atoms. The number of piperazine rings is 1. The lowest BCUT2D eigenvalue weighted by Gasteiger charge is -2.61. The fourth-order valence-corrected chi connectivity index (χ4v) is 8.76. The van der Waals surface area contributed by atoms with Crippen molar-refractivity contribution in [2.24, 2.45) is 17.3 Å². The Morgan fingerprint density at radius 3 is 2.31 bits per heavy atom. The minimum Gasteiger partial charge on any atom is -0.481 e. The first-order valence-electron chi connectivity index (χ1n) is 13.2. The van der Waals surface area contributed by atoms with Crippen LogP contribution in [0.3, 0.4) is 0 Å². The molecule has 8 heteroatoms. The number of benzene rings is 1. The molecule has 1 saturated heterocycles. The molecule has 4 aliphatic carbocycles. The Morgan fingerprint density at radius 2 is 1.69 bits per heavy atom. The molecule has 4 saturated carbocycles. The third-order valence-corrected chi connectivity index (χ3v) is 9.70. The number of carboxylic acid groups (broad SMARTS) is 1. The van der Waals surface area contributed by atoms with Crippen LogP contribution in [0.25, 0.3) is 0 Å². The number of halogens is 1. The van der Waals surface area contributed by atoms with Crippen LogP contribution in [0, 0.1) is 31.1 Å². The maximum Gasteiger partial charge on any atom is 0.303 e. The SMILES string of the molecule is Cc1ccc(N2CCN(c3cnn(C45C[C@@H]6C[C@H](CC(CC(=O)O)(C6)C4)C5)c(=O)c3Cl)CC2)c(C)c1. The summed E-state index contributed by atoms with van der Waals surface area (Å²) in [7, 11) is 0. The van der Waals surface area contributed by atoms with E-state index in [-0.39, 0.29) is 22.4 Å². The smallest absolute Gasteiger partial charge is 0.303 e. The van der Waals surface area contributed by atoms with Crippen LogP contribution in [0.4, 0.5) is 11.4 Å². The molecule has 192 valence electrons. The molecule has 1 aromatic heterocycles. The minimum absolute atomic E-state index is 0.188. The number of aromatic nitrogens is 2. The van der Waals surface area contributed by atoms with E-state index in [0.717, 1.165) is 64.7 Å². The molecule has 5 aliphatic rings. The fraction of sp³-hybridized carbons (Fsp3) is 0.607. The molecule has 0 amide bonds. The number of nitrogens with zero attached hydrogens (tertiary/aromatic N) is 4. The van der Waals surface area contributed by atoms with Crippen LogP contribution in [0.15, 0.2) is 29.2 Å². The molecule has 2 heterocycles. The fourth-order valence-electron chi connectivity index (χ4n) is 8.51. The minimum atomic E-state index is -0.735. The largest absolute Gasteiger partial charge is 0.481 e. The zero-order valence-electron chi connectivity index (χ0n) is 21.2. The maximum absolute atomic E-state index is 13.7. The molecule has 2 aromatic rings. The van der Waals surface area contributed by atoms with Gasteiger partial charge in [0.25, 0.3) is 5.56 Å². The molecule has 5 fully saturated rings. The Balaban J connectivity index is 1.24. The number of aryl methyl sites for hydroxylation is 2. The number of carbonyl (C=O) groups is 1. The molecule has 2 atom stereocenters. The third kappa shape index (κ3) is 3.90. The van der Waals surface area contributed by atoms with Gasteiger partial charge >= 0.3 is 5.97 Å². The van der Waals surface area contributed by atoms with E-state index in [1.165, 1.54) is 16.8 Å². The van der Waals surface area contributed by atoms with Crippen molar-refractivity contribution < 1.29 is 9.90 Å². The van der Waals surface area contributed by atoms with Gasteiger partial charge in [-0.1, -0.05) is 29.3 Å². The van der Waals surface area contributed by atoms with E-state index in [2.05, 4.69) is 41.8 Å². The summed E-state index contributed by atoms with van der Waals surface area (Å²) in [6, 6.07) is 6.56.